The number of nitrogens with zero attached hydrogens (tertiary/aromatic N) is 2. The number of aryl methyl sites for hydroxylation is 1. The molecule has 1 aliphatic heterocycles. The van der Waals surface area contributed by atoms with Gasteiger partial charge in [-0.25, -0.2) is 18.0 Å². The third-order valence-electron chi connectivity index (χ3n) is 4.01. The predicted octanol–water partition coefficient (Wildman–Crippen LogP) is 3.99. The first-order chi connectivity index (χ1) is 13.4. The Morgan fingerprint density at radius 1 is 1.29 bits per heavy atom. The van der Waals surface area contributed by atoms with E-state index in [0.717, 1.165) is 12.1 Å². The van der Waals surface area contributed by atoms with Gasteiger partial charge in [-0.05, 0) is 36.2 Å². The second kappa shape index (κ2) is 8.00. The number of carbonyl (C=O) groups is 1. The zero-order valence-electron chi connectivity index (χ0n) is 14.7. The Kier molecular flexibility index (Phi) is 5.49. The molecule has 1 amide bonds. The Hall–Kier alpha value is -3.54. The van der Waals surface area contributed by atoms with Gasteiger partial charge in [0.25, 0.3) is 12.3 Å². The van der Waals surface area contributed by atoms with Crippen molar-refractivity contribution in [2.75, 3.05) is 6.54 Å². The van der Waals surface area contributed by atoms with Gasteiger partial charge in [-0.2, -0.15) is 0 Å². The highest BCUT2D eigenvalue weighted by Crippen LogP contribution is 2.35. The number of ether oxygens (including phenoxy) is 1. The lowest BCUT2D eigenvalue weighted by Crippen LogP contribution is -2.47. The van der Waals surface area contributed by atoms with Gasteiger partial charge in [0.15, 0.2) is 17.3 Å². The largest absolute Gasteiger partial charge is 0.455 e. The number of hydrazine groups is 1. The SMILES string of the molecule is [C-]#[N+]c1cc(Oc2c(C)ccc(CC3=NCC(=O)NN3)c2F)cc(C(F)F)c1. The predicted molar refractivity (Wildman–Crippen MR) is 96.2 cm³/mol. The van der Waals surface area contributed by atoms with E-state index in [1.807, 2.05) is 0 Å². The molecule has 9 heteroatoms. The van der Waals surface area contributed by atoms with Crippen molar-refractivity contribution in [2.24, 2.45) is 4.99 Å². The molecule has 0 bridgehead atoms. The summed E-state index contributed by atoms with van der Waals surface area (Å²) in [7, 11) is 0. The van der Waals surface area contributed by atoms with Crippen molar-refractivity contribution >= 4 is 17.4 Å². The Bertz CT molecular complexity index is 999. The number of carbonyl (C=O) groups excluding carboxylic acids is 1. The zero-order chi connectivity index (χ0) is 20.3. The standard InChI is InChI=1S/C19H15F3N4O2/c1-10-3-4-11(7-15-24-9-16(27)26-25-15)17(20)18(10)28-14-6-12(19(21)22)5-13(8-14)23-2/h3-6,8,19H,7,9H2,1H3,(H,24,25)(H,26,27). The summed E-state index contributed by atoms with van der Waals surface area (Å²) in [4.78, 5) is 18.3. The molecular formula is C19H15F3N4O2. The van der Waals surface area contributed by atoms with E-state index < -0.39 is 12.2 Å². The van der Waals surface area contributed by atoms with E-state index >= 15 is 0 Å². The van der Waals surface area contributed by atoms with Gasteiger partial charge in [0.1, 0.15) is 18.1 Å². The third kappa shape index (κ3) is 4.23. The molecule has 1 aliphatic rings. The lowest BCUT2D eigenvalue weighted by Gasteiger charge is -2.17. The van der Waals surface area contributed by atoms with E-state index in [-0.39, 0.29) is 47.2 Å². The van der Waals surface area contributed by atoms with Gasteiger partial charge in [-0.3, -0.25) is 20.6 Å². The molecular weight excluding hydrogens is 373 g/mol. The molecule has 144 valence electrons. The van der Waals surface area contributed by atoms with Crippen LogP contribution in [0.5, 0.6) is 11.5 Å². The first-order valence-electron chi connectivity index (χ1n) is 8.22. The number of benzene rings is 2. The normalized spacial score (nSPS) is 13.4. The topological polar surface area (TPSA) is 67.1 Å². The Morgan fingerprint density at radius 2 is 2.07 bits per heavy atom. The molecule has 2 aromatic rings. The number of rotatable bonds is 5. The molecule has 0 unspecified atom stereocenters. The summed E-state index contributed by atoms with van der Waals surface area (Å²) in [5.74, 6) is -0.771. The number of aliphatic imine (C=N–C) groups is 1. The van der Waals surface area contributed by atoms with Gasteiger partial charge >= 0.3 is 0 Å². The summed E-state index contributed by atoms with van der Waals surface area (Å²) < 4.78 is 46.6. The van der Waals surface area contributed by atoms with Crippen LogP contribution in [-0.2, 0) is 11.2 Å². The molecule has 0 spiro atoms. The lowest BCUT2D eigenvalue weighted by molar-refractivity contribution is -0.120. The van der Waals surface area contributed by atoms with Crippen molar-refractivity contribution in [1.82, 2.24) is 10.9 Å². The first-order valence-corrected chi connectivity index (χ1v) is 8.22. The summed E-state index contributed by atoms with van der Waals surface area (Å²) in [5.41, 5.74) is 5.28. The Balaban J connectivity index is 1.92. The minimum Gasteiger partial charge on any atom is -0.455 e. The van der Waals surface area contributed by atoms with Gasteiger partial charge in [0.2, 0.25) is 0 Å². The van der Waals surface area contributed by atoms with Gasteiger partial charge in [-0.15, -0.1) is 0 Å². The fourth-order valence-electron chi connectivity index (χ4n) is 2.60. The third-order valence-corrected chi connectivity index (χ3v) is 4.01. The van der Waals surface area contributed by atoms with Crippen LogP contribution in [0.1, 0.15) is 23.1 Å². The van der Waals surface area contributed by atoms with Crippen LogP contribution in [0.3, 0.4) is 0 Å². The quantitative estimate of drug-likeness (QED) is 0.761. The summed E-state index contributed by atoms with van der Waals surface area (Å²) in [6.07, 6.45) is -2.71. The van der Waals surface area contributed by atoms with Crippen LogP contribution in [-0.4, -0.2) is 18.3 Å². The zero-order valence-corrected chi connectivity index (χ0v) is 14.7. The number of amidine groups is 1. The number of amides is 1. The number of nitrogens with one attached hydrogen (secondary N) is 2. The molecule has 0 aromatic heterocycles. The highest BCUT2D eigenvalue weighted by atomic mass is 19.3. The van der Waals surface area contributed by atoms with Crippen LogP contribution < -0.4 is 15.6 Å². The highest BCUT2D eigenvalue weighted by Gasteiger charge is 2.18. The van der Waals surface area contributed by atoms with Crippen LogP contribution in [0.25, 0.3) is 4.85 Å². The van der Waals surface area contributed by atoms with E-state index in [1.54, 1.807) is 19.1 Å². The maximum absolute atomic E-state index is 15.0. The number of alkyl halides is 2. The van der Waals surface area contributed by atoms with Crippen molar-refractivity contribution in [3.05, 3.63) is 64.3 Å². The summed E-state index contributed by atoms with van der Waals surface area (Å²) in [6, 6.07) is 6.59. The second-order valence-corrected chi connectivity index (χ2v) is 6.07. The van der Waals surface area contributed by atoms with E-state index in [9.17, 15) is 18.0 Å². The highest BCUT2D eigenvalue weighted by molar-refractivity contribution is 5.92. The van der Waals surface area contributed by atoms with E-state index in [2.05, 4.69) is 20.7 Å². The lowest BCUT2D eigenvalue weighted by atomic mass is 10.1. The van der Waals surface area contributed by atoms with Crippen LogP contribution >= 0.6 is 0 Å². The number of hydrogen-bond acceptors (Lipinski definition) is 4. The van der Waals surface area contributed by atoms with Gasteiger partial charge in [0.05, 0.1) is 6.57 Å². The second-order valence-electron chi connectivity index (χ2n) is 6.07. The van der Waals surface area contributed by atoms with Crippen molar-refractivity contribution in [1.29, 1.82) is 0 Å². The molecule has 3 rings (SSSR count). The summed E-state index contributed by atoms with van der Waals surface area (Å²) >= 11 is 0. The van der Waals surface area contributed by atoms with Gasteiger partial charge in [0, 0.05) is 12.0 Å². The molecule has 2 N–H and O–H groups in total. The van der Waals surface area contributed by atoms with E-state index in [0.29, 0.717) is 11.4 Å². The molecule has 0 aliphatic carbocycles. The van der Waals surface area contributed by atoms with Crippen molar-refractivity contribution in [3.63, 3.8) is 0 Å². The molecule has 1 heterocycles. The molecule has 0 atom stereocenters. The minimum atomic E-state index is -2.79. The smallest absolute Gasteiger partial charge is 0.262 e. The van der Waals surface area contributed by atoms with Gasteiger partial charge < -0.3 is 4.74 Å². The minimum absolute atomic E-state index is 0.0291. The maximum Gasteiger partial charge on any atom is 0.262 e. The van der Waals surface area contributed by atoms with Crippen LogP contribution in [0, 0.1) is 19.3 Å². The fraction of sp³-hybridized carbons (Fsp3) is 0.211. The van der Waals surface area contributed by atoms with Crippen molar-refractivity contribution in [2.45, 2.75) is 19.8 Å². The van der Waals surface area contributed by atoms with Crippen LogP contribution in [0.4, 0.5) is 18.9 Å². The average Bonchev–Trinajstić information content (AvgIpc) is 2.68. The van der Waals surface area contributed by atoms with Crippen molar-refractivity contribution in [3.8, 4) is 11.5 Å². The van der Waals surface area contributed by atoms with Crippen molar-refractivity contribution < 1.29 is 22.7 Å². The van der Waals surface area contributed by atoms with E-state index in [1.165, 1.54) is 6.07 Å². The first kappa shape index (κ1) is 19.2. The summed E-state index contributed by atoms with van der Waals surface area (Å²) in [6.45, 7) is 8.59. The Labute approximate surface area is 158 Å². The molecule has 6 nitrogen and oxygen atoms in total. The maximum atomic E-state index is 15.0. The van der Waals surface area contributed by atoms with Crippen LogP contribution in [0.15, 0.2) is 35.3 Å². The van der Waals surface area contributed by atoms with Crippen LogP contribution in [0.2, 0.25) is 0 Å². The molecule has 0 saturated carbocycles. The molecule has 0 saturated heterocycles. The van der Waals surface area contributed by atoms with Gasteiger partial charge in [-0.1, -0.05) is 12.1 Å². The molecule has 0 fully saturated rings. The average molecular weight is 388 g/mol. The molecule has 0 radical (unpaired) electrons. The molecule has 2 aromatic carbocycles. The fourth-order valence-corrected chi connectivity index (χ4v) is 2.60. The Morgan fingerprint density at radius 3 is 2.71 bits per heavy atom. The monoisotopic (exact) mass is 388 g/mol. The molecule has 28 heavy (non-hydrogen) atoms. The number of hydrogen-bond donors (Lipinski definition) is 2. The summed E-state index contributed by atoms with van der Waals surface area (Å²) in [5, 5.41) is 0. The van der Waals surface area contributed by atoms with E-state index in [4.69, 9.17) is 11.3 Å². The number of halogens is 3.